The molecule has 0 aliphatic carbocycles. The van der Waals surface area contributed by atoms with Crippen molar-refractivity contribution in [2.45, 2.75) is 59.8 Å². The predicted octanol–water partition coefficient (Wildman–Crippen LogP) is 5.09. The molecule has 0 aliphatic heterocycles. The summed E-state index contributed by atoms with van der Waals surface area (Å²) >= 11 is 6.08. The van der Waals surface area contributed by atoms with E-state index in [1.807, 2.05) is 13.0 Å². The Labute approximate surface area is 149 Å². The highest BCUT2D eigenvalue weighted by Gasteiger charge is 2.46. The Hall–Kier alpha value is -1.55. The van der Waals surface area contributed by atoms with E-state index in [1.54, 1.807) is 26.0 Å². The summed E-state index contributed by atoms with van der Waals surface area (Å²) in [5, 5.41) is 0.339. The molecule has 0 aliphatic rings. The smallest absolute Gasteiger partial charge is 0.328 e. The van der Waals surface area contributed by atoms with Crippen molar-refractivity contribution in [1.29, 1.82) is 0 Å². The first-order chi connectivity index (χ1) is 11.4. The van der Waals surface area contributed by atoms with E-state index in [9.17, 15) is 9.59 Å². The third kappa shape index (κ3) is 4.97. The molecule has 1 aromatic rings. The van der Waals surface area contributed by atoms with E-state index in [0.29, 0.717) is 24.5 Å². The second-order valence-electron chi connectivity index (χ2n) is 5.96. The fourth-order valence-corrected chi connectivity index (χ4v) is 2.61. The van der Waals surface area contributed by atoms with Crippen LogP contribution in [0, 0.1) is 12.3 Å². The van der Waals surface area contributed by atoms with Crippen molar-refractivity contribution in [3.8, 4) is 5.75 Å². The normalized spacial score (nSPS) is 11.2. The topological polar surface area (TPSA) is 52.6 Å². The molecular weight excluding hydrogens is 328 g/mol. The number of unbranched alkanes of at least 4 members (excludes halogenated alkanes) is 2. The number of rotatable bonds is 9. The Morgan fingerprint density at radius 1 is 1.08 bits per heavy atom. The van der Waals surface area contributed by atoms with Gasteiger partial charge in [-0.15, -0.1) is 0 Å². The third-order valence-corrected chi connectivity index (χ3v) is 4.57. The van der Waals surface area contributed by atoms with Crippen molar-refractivity contribution in [2.75, 3.05) is 6.61 Å². The molecule has 0 bridgehead atoms. The molecule has 0 N–H and O–H groups in total. The lowest BCUT2D eigenvalue weighted by Crippen LogP contribution is -2.42. The number of carbonyl (C=O) groups is 2. The third-order valence-electron chi connectivity index (χ3n) is 4.26. The first-order valence-corrected chi connectivity index (χ1v) is 8.94. The van der Waals surface area contributed by atoms with Crippen LogP contribution in [-0.2, 0) is 14.3 Å². The molecule has 134 valence electrons. The van der Waals surface area contributed by atoms with Gasteiger partial charge in [0.25, 0.3) is 0 Å². The van der Waals surface area contributed by atoms with Gasteiger partial charge in [-0.3, -0.25) is 9.59 Å². The standard InChI is InChI=1S/C19H27ClO4/c1-5-8-9-12-23-17(21)19(6-2,7-3)18(22)24-16-13-14(4)10-11-15(16)20/h10-11,13H,5-9,12H2,1-4H3. The molecule has 0 saturated carbocycles. The molecule has 4 nitrogen and oxygen atoms in total. The van der Waals surface area contributed by atoms with Gasteiger partial charge in [0.05, 0.1) is 11.6 Å². The average molecular weight is 355 g/mol. The molecule has 5 heteroatoms. The fraction of sp³-hybridized carbons (Fsp3) is 0.579. The molecule has 0 spiro atoms. The summed E-state index contributed by atoms with van der Waals surface area (Å²) in [6.45, 7) is 7.86. The zero-order chi connectivity index (χ0) is 18.2. The van der Waals surface area contributed by atoms with E-state index in [2.05, 4.69) is 6.92 Å². The largest absolute Gasteiger partial charge is 0.465 e. The lowest BCUT2D eigenvalue weighted by atomic mass is 9.82. The second-order valence-corrected chi connectivity index (χ2v) is 6.36. The Bertz CT molecular complexity index is 564. The fourth-order valence-electron chi connectivity index (χ4n) is 2.45. The molecule has 0 unspecified atom stereocenters. The van der Waals surface area contributed by atoms with Crippen molar-refractivity contribution in [2.24, 2.45) is 5.41 Å². The van der Waals surface area contributed by atoms with Crippen molar-refractivity contribution in [1.82, 2.24) is 0 Å². The number of halogens is 1. The van der Waals surface area contributed by atoms with Crippen LogP contribution in [0.2, 0.25) is 5.02 Å². The minimum absolute atomic E-state index is 0.270. The van der Waals surface area contributed by atoms with Crippen LogP contribution in [0.1, 0.15) is 58.4 Å². The van der Waals surface area contributed by atoms with Gasteiger partial charge in [-0.05, 0) is 43.9 Å². The summed E-state index contributed by atoms with van der Waals surface area (Å²) in [6.07, 6.45) is 3.46. The van der Waals surface area contributed by atoms with E-state index in [4.69, 9.17) is 21.1 Å². The highest BCUT2D eigenvalue weighted by Crippen LogP contribution is 2.33. The number of carbonyl (C=O) groups excluding carboxylic acids is 2. The SMILES string of the molecule is CCCCCOC(=O)C(CC)(CC)C(=O)Oc1cc(C)ccc1Cl. The number of benzene rings is 1. The minimum Gasteiger partial charge on any atom is -0.465 e. The Balaban J connectivity index is 2.90. The van der Waals surface area contributed by atoms with Gasteiger partial charge in [-0.25, -0.2) is 0 Å². The molecule has 0 fully saturated rings. The Morgan fingerprint density at radius 3 is 2.33 bits per heavy atom. The van der Waals surface area contributed by atoms with Crippen LogP contribution in [0.25, 0.3) is 0 Å². The highest BCUT2D eigenvalue weighted by atomic mass is 35.5. The van der Waals surface area contributed by atoms with E-state index < -0.39 is 17.4 Å². The molecule has 1 aromatic carbocycles. The minimum atomic E-state index is -1.29. The summed E-state index contributed by atoms with van der Waals surface area (Å²) in [6, 6.07) is 5.18. The quantitative estimate of drug-likeness (QED) is 0.268. The molecule has 1 rings (SSSR count). The van der Waals surface area contributed by atoms with Crippen LogP contribution in [-0.4, -0.2) is 18.5 Å². The number of esters is 2. The first-order valence-electron chi connectivity index (χ1n) is 8.56. The Morgan fingerprint density at radius 2 is 1.75 bits per heavy atom. The summed E-state index contributed by atoms with van der Waals surface area (Å²) in [5.74, 6) is -0.857. The first kappa shape index (κ1) is 20.5. The van der Waals surface area contributed by atoms with Gasteiger partial charge in [-0.1, -0.05) is 51.3 Å². The molecular formula is C19H27ClO4. The zero-order valence-electron chi connectivity index (χ0n) is 15.0. The molecule has 24 heavy (non-hydrogen) atoms. The van der Waals surface area contributed by atoms with Crippen LogP contribution in [0.15, 0.2) is 18.2 Å². The predicted molar refractivity (Wildman–Crippen MR) is 95.3 cm³/mol. The number of aryl methyl sites for hydroxylation is 1. The van der Waals surface area contributed by atoms with E-state index in [-0.39, 0.29) is 5.75 Å². The van der Waals surface area contributed by atoms with Crippen LogP contribution in [0.3, 0.4) is 0 Å². The van der Waals surface area contributed by atoms with Crippen molar-refractivity contribution in [3.63, 3.8) is 0 Å². The van der Waals surface area contributed by atoms with Gasteiger partial charge in [-0.2, -0.15) is 0 Å². The average Bonchev–Trinajstić information content (AvgIpc) is 2.56. The monoisotopic (exact) mass is 354 g/mol. The van der Waals surface area contributed by atoms with E-state index >= 15 is 0 Å². The van der Waals surface area contributed by atoms with Crippen LogP contribution >= 0.6 is 11.6 Å². The second kappa shape index (κ2) is 9.67. The number of ether oxygens (including phenoxy) is 2. The van der Waals surface area contributed by atoms with Crippen LogP contribution in [0.4, 0.5) is 0 Å². The van der Waals surface area contributed by atoms with Crippen molar-refractivity contribution in [3.05, 3.63) is 28.8 Å². The summed E-state index contributed by atoms with van der Waals surface area (Å²) in [4.78, 5) is 25.2. The molecule has 0 saturated heterocycles. The summed E-state index contributed by atoms with van der Waals surface area (Å²) < 4.78 is 10.8. The van der Waals surface area contributed by atoms with Crippen LogP contribution in [0.5, 0.6) is 5.75 Å². The van der Waals surface area contributed by atoms with Gasteiger partial charge in [0.15, 0.2) is 5.41 Å². The van der Waals surface area contributed by atoms with Gasteiger partial charge in [0.1, 0.15) is 5.75 Å². The molecule has 0 amide bonds. The summed E-state index contributed by atoms with van der Waals surface area (Å²) in [5.41, 5.74) is -0.373. The van der Waals surface area contributed by atoms with Gasteiger partial charge < -0.3 is 9.47 Å². The molecule has 0 aromatic heterocycles. The van der Waals surface area contributed by atoms with Crippen molar-refractivity contribution >= 4 is 23.5 Å². The zero-order valence-corrected chi connectivity index (χ0v) is 15.7. The maximum atomic E-state index is 12.7. The van der Waals surface area contributed by atoms with E-state index in [1.165, 1.54) is 0 Å². The summed E-state index contributed by atoms with van der Waals surface area (Å²) in [7, 11) is 0. The van der Waals surface area contributed by atoms with Crippen LogP contribution < -0.4 is 4.74 Å². The van der Waals surface area contributed by atoms with Crippen molar-refractivity contribution < 1.29 is 19.1 Å². The van der Waals surface area contributed by atoms with Gasteiger partial charge in [0.2, 0.25) is 0 Å². The molecule has 0 atom stereocenters. The Kier molecular flexibility index (Phi) is 8.26. The number of hydrogen-bond acceptors (Lipinski definition) is 4. The highest BCUT2D eigenvalue weighted by molar-refractivity contribution is 6.32. The lowest BCUT2D eigenvalue weighted by Gasteiger charge is -2.27. The van der Waals surface area contributed by atoms with Gasteiger partial charge in [0, 0.05) is 0 Å². The van der Waals surface area contributed by atoms with E-state index in [0.717, 1.165) is 24.8 Å². The van der Waals surface area contributed by atoms with Gasteiger partial charge >= 0.3 is 11.9 Å². The number of hydrogen-bond donors (Lipinski definition) is 0. The maximum absolute atomic E-state index is 12.7. The molecule has 0 heterocycles. The molecule has 0 radical (unpaired) electrons. The lowest BCUT2D eigenvalue weighted by molar-refractivity contribution is -0.168. The maximum Gasteiger partial charge on any atom is 0.328 e.